The van der Waals surface area contributed by atoms with Gasteiger partial charge in [-0.05, 0) is 48.0 Å². The first-order valence-corrected chi connectivity index (χ1v) is 5.42. The first-order chi connectivity index (χ1) is 8.90. The molecule has 0 aliphatic carbocycles. The van der Waals surface area contributed by atoms with E-state index in [2.05, 4.69) is 4.42 Å². The maximum Gasteiger partial charge on any atom is 0.371 e. The number of nitrogens with two attached hydrogens (primary N) is 2. The predicted octanol–water partition coefficient (Wildman–Crippen LogP) is 2.00. The number of hydrogen-bond acceptors (Lipinski definition) is 4. The first kappa shape index (κ1) is 14.6. The molecule has 100 valence electrons. The molecule has 0 radical (unpaired) electrons. The molecule has 6 nitrogen and oxygen atoms in total. The Kier molecular flexibility index (Phi) is 4.96. The summed E-state index contributed by atoms with van der Waals surface area (Å²) in [7, 11) is 0. The van der Waals surface area contributed by atoms with Gasteiger partial charge in [-0.1, -0.05) is 0 Å². The maximum atomic E-state index is 10.5. The van der Waals surface area contributed by atoms with Gasteiger partial charge < -0.3 is 21.0 Å². The zero-order chi connectivity index (χ0) is 14.4. The minimum atomic E-state index is -1.11. The lowest BCUT2D eigenvalue weighted by molar-refractivity contribution is 0.0662. The second kappa shape index (κ2) is 6.46. The van der Waals surface area contributed by atoms with Gasteiger partial charge in [-0.3, -0.25) is 4.79 Å². The molecular formula is C12H11ClN2O4. The molecule has 0 unspecified atom stereocenters. The number of carboxylic acid groups (broad SMARTS) is 1. The number of anilines is 1. The van der Waals surface area contributed by atoms with Gasteiger partial charge in [0.25, 0.3) is 0 Å². The zero-order valence-corrected chi connectivity index (χ0v) is 10.4. The number of benzene rings is 1. The van der Waals surface area contributed by atoms with E-state index in [9.17, 15) is 9.59 Å². The van der Waals surface area contributed by atoms with Gasteiger partial charge in [0.2, 0.25) is 11.7 Å². The van der Waals surface area contributed by atoms with E-state index >= 15 is 0 Å². The van der Waals surface area contributed by atoms with Crippen LogP contribution < -0.4 is 11.5 Å². The Morgan fingerprint density at radius 2 is 1.68 bits per heavy atom. The highest BCUT2D eigenvalue weighted by Crippen LogP contribution is 2.12. The van der Waals surface area contributed by atoms with Gasteiger partial charge in [0.15, 0.2) is 5.22 Å². The summed E-state index contributed by atoms with van der Waals surface area (Å²) >= 11 is 5.27. The molecule has 19 heavy (non-hydrogen) atoms. The second-order valence-electron chi connectivity index (χ2n) is 3.40. The highest BCUT2D eigenvalue weighted by atomic mass is 35.5. The topological polar surface area (TPSA) is 120 Å². The summed E-state index contributed by atoms with van der Waals surface area (Å²) < 4.78 is 4.51. The summed E-state index contributed by atoms with van der Waals surface area (Å²) in [5.41, 5.74) is 11.5. The third-order valence-electron chi connectivity index (χ3n) is 1.98. The Labute approximate surface area is 113 Å². The van der Waals surface area contributed by atoms with E-state index in [1.54, 1.807) is 24.3 Å². The van der Waals surface area contributed by atoms with Crippen molar-refractivity contribution in [2.45, 2.75) is 0 Å². The fourth-order valence-corrected chi connectivity index (χ4v) is 1.22. The number of primary amides is 1. The molecule has 0 aliphatic heterocycles. The van der Waals surface area contributed by atoms with E-state index < -0.39 is 11.9 Å². The molecule has 1 aromatic heterocycles. The van der Waals surface area contributed by atoms with Crippen LogP contribution >= 0.6 is 11.6 Å². The molecule has 1 amide bonds. The van der Waals surface area contributed by atoms with Crippen LogP contribution in [0.25, 0.3) is 0 Å². The first-order valence-electron chi connectivity index (χ1n) is 5.04. The van der Waals surface area contributed by atoms with Crippen LogP contribution in [0, 0.1) is 0 Å². The Morgan fingerprint density at radius 3 is 2.00 bits per heavy atom. The monoisotopic (exact) mass is 282 g/mol. The molecule has 7 heteroatoms. The van der Waals surface area contributed by atoms with E-state index in [0.29, 0.717) is 11.3 Å². The Morgan fingerprint density at radius 1 is 1.11 bits per heavy atom. The summed E-state index contributed by atoms with van der Waals surface area (Å²) in [5.74, 6) is -1.68. The SMILES string of the molecule is NC(=O)c1ccc(N)cc1.O=C(O)c1ccc(Cl)o1. The molecule has 1 aromatic carbocycles. The molecule has 0 aliphatic rings. The second-order valence-corrected chi connectivity index (χ2v) is 3.77. The van der Waals surface area contributed by atoms with Crippen molar-refractivity contribution in [3.8, 4) is 0 Å². The van der Waals surface area contributed by atoms with Crippen LogP contribution in [0.2, 0.25) is 5.22 Å². The Bertz CT molecular complexity index is 578. The summed E-state index contributed by atoms with van der Waals surface area (Å²) in [4.78, 5) is 20.6. The fourth-order valence-electron chi connectivity index (χ4n) is 1.08. The number of carbonyl (C=O) groups excluding carboxylic acids is 1. The predicted molar refractivity (Wildman–Crippen MR) is 70.0 cm³/mol. The van der Waals surface area contributed by atoms with Crippen LogP contribution in [-0.2, 0) is 0 Å². The molecule has 1 heterocycles. The van der Waals surface area contributed by atoms with Gasteiger partial charge in [-0.25, -0.2) is 4.79 Å². The third kappa shape index (κ3) is 4.72. The van der Waals surface area contributed by atoms with Gasteiger partial charge in [-0.2, -0.15) is 0 Å². The van der Waals surface area contributed by atoms with Crippen molar-refractivity contribution in [1.29, 1.82) is 0 Å². The lowest BCUT2D eigenvalue weighted by Gasteiger charge is -1.93. The molecular weight excluding hydrogens is 272 g/mol. The van der Waals surface area contributed by atoms with Crippen molar-refractivity contribution in [3.63, 3.8) is 0 Å². The van der Waals surface area contributed by atoms with Gasteiger partial charge in [0.05, 0.1) is 0 Å². The normalized spacial score (nSPS) is 9.32. The maximum absolute atomic E-state index is 10.5. The average molecular weight is 283 g/mol. The number of carbonyl (C=O) groups is 2. The quantitative estimate of drug-likeness (QED) is 0.728. The zero-order valence-electron chi connectivity index (χ0n) is 9.67. The molecule has 0 spiro atoms. The average Bonchev–Trinajstić information content (AvgIpc) is 2.77. The summed E-state index contributed by atoms with van der Waals surface area (Å²) in [6, 6.07) is 9.14. The summed E-state index contributed by atoms with van der Waals surface area (Å²) in [5, 5.41) is 8.34. The number of hydrogen-bond donors (Lipinski definition) is 3. The molecule has 5 N–H and O–H groups in total. The van der Waals surface area contributed by atoms with Crippen LogP contribution in [0.5, 0.6) is 0 Å². The van der Waals surface area contributed by atoms with E-state index in [1.165, 1.54) is 12.1 Å². The van der Waals surface area contributed by atoms with Crippen molar-refractivity contribution in [3.05, 3.63) is 52.9 Å². The molecule has 2 aromatic rings. The number of rotatable bonds is 2. The van der Waals surface area contributed by atoms with Crippen LogP contribution in [0.15, 0.2) is 40.8 Å². The Balaban J connectivity index is 0.000000191. The van der Waals surface area contributed by atoms with Crippen molar-refractivity contribution in [2.24, 2.45) is 5.73 Å². The molecule has 0 atom stereocenters. The van der Waals surface area contributed by atoms with E-state index in [4.69, 9.17) is 28.2 Å². The van der Waals surface area contributed by atoms with Crippen molar-refractivity contribution < 1.29 is 19.1 Å². The van der Waals surface area contributed by atoms with Gasteiger partial charge in [0.1, 0.15) is 0 Å². The van der Waals surface area contributed by atoms with Crippen LogP contribution in [0.3, 0.4) is 0 Å². The Hall–Kier alpha value is -2.47. The summed E-state index contributed by atoms with van der Waals surface area (Å²) in [6.07, 6.45) is 0. The number of furan rings is 1. The fraction of sp³-hybridized carbons (Fsp3) is 0. The highest BCUT2D eigenvalue weighted by Gasteiger charge is 2.05. The van der Waals surface area contributed by atoms with Crippen molar-refractivity contribution in [2.75, 3.05) is 5.73 Å². The number of halogens is 1. The molecule has 2 rings (SSSR count). The third-order valence-corrected chi connectivity index (χ3v) is 2.18. The smallest absolute Gasteiger partial charge is 0.371 e. The molecule has 0 bridgehead atoms. The summed E-state index contributed by atoms with van der Waals surface area (Å²) in [6.45, 7) is 0. The number of carboxylic acids is 1. The van der Waals surface area contributed by atoms with Gasteiger partial charge in [-0.15, -0.1) is 0 Å². The minimum absolute atomic E-state index is 0.0902. The lowest BCUT2D eigenvalue weighted by atomic mass is 10.2. The minimum Gasteiger partial charge on any atom is -0.475 e. The van der Waals surface area contributed by atoms with Crippen LogP contribution in [0.4, 0.5) is 5.69 Å². The number of aromatic carboxylic acids is 1. The van der Waals surface area contributed by atoms with Crippen molar-refractivity contribution >= 4 is 29.2 Å². The van der Waals surface area contributed by atoms with E-state index in [-0.39, 0.29) is 11.0 Å². The van der Waals surface area contributed by atoms with Crippen LogP contribution in [-0.4, -0.2) is 17.0 Å². The van der Waals surface area contributed by atoms with Gasteiger partial charge in [0, 0.05) is 11.3 Å². The lowest BCUT2D eigenvalue weighted by Crippen LogP contribution is -2.10. The van der Waals surface area contributed by atoms with Gasteiger partial charge >= 0.3 is 5.97 Å². The van der Waals surface area contributed by atoms with E-state index in [1.807, 2.05) is 0 Å². The highest BCUT2D eigenvalue weighted by molar-refractivity contribution is 6.29. The van der Waals surface area contributed by atoms with Crippen molar-refractivity contribution in [1.82, 2.24) is 0 Å². The standard InChI is InChI=1S/C7H8N2O.C5H3ClO3/c8-6-3-1-5(2-4-6)7(9)10;6-4-2-1-3(9-4)5(7)8/h1-4H,8H2,(H2,9,10);1-2H,(H,7,8). The van der Waals surface area contributed by atoms with Crippen LogP contribution in [0.1, 0.15) is 20.9 Å². The van der Waals surface area contributed by atoms with E-state index in [0.717, 1.165) is 0 Å². The molecule has 0 fully saturated rings. The number of amides is 1. The largest absolute Gasteiger partial charge is 0.475 e. The number of nitrogen functional groups attached to an aromatic ring is 1. The molecule has 0 saturated carbocycles. The molecule has 0 saturated heterocycles.